The Hall–Kier alpha value is -0.970. The lowest BCUT2D eigenvalue weighted by Crippen LogP contribution is -2.32. The molecule has 0 aliphatic carbocycles. The molecule has 0 saturated heterocycles. The van der Waals surface area contributed by atoms with Gasteiger partial charge in [0.05, 0.1) is 19.2 Å². The van der Waals surface area contributed by atoms with E-state index >= 15 is 0 Å². The first kappa shape index (κ1) is 18.1. The summed E-state index contributed by atoms with van der Waals surface area (Å²) in [5, 5.41) is 0.573. The number of halogens is 1. The highest BCUT2D eigenvalue weighted by Crippen LogP contribution is 2.40. The molecule has 0 bridgehead atoms. The van der Waals surface area contributed by atoms with Gasteiger partial charge in [0.2, 0.25) is 0 Å². The molecule has 0 fully saturated rings. The minimum Gasteiger partial charge on any atom is -0.493 e. The highest BCUT2D eigenvalue weighted by Gasteiger charge is 2.22. The molecule has 4 nitrogen and oxygen atoms in total. The van der Waals surface area contributed by atoms with Gasteiger partial charge in [-0.05, 0) is 37.6 Å². The first-order valence-corrected chi connectivity index (χ1v) is 7.64. The fourth-order valence-corrected chi connectivity index (χ4v) is 2.68. The van der Waals surface area contributed by atoms with E-state index in [1.165, 1.54) is 0 Å². The van der Waals surface area contributed by atoms with Gasteiger partial charge in [-0.15, -0.1) is 0 Å². The fraction of sp³-hybridized carbons (Fsp3) is 0.625. The summed E-state index contributed by atoms with van der Waals surface area (Å²) in [6, 6.07) is 3.91. The lowest BCUT2D eigenvalue weighted by molar-refractivity contribution is 0.235. The molecule has 2 N–H and O–H groups in total. The summed E-state index contributed by atoms with van der Waals surface area (Å²) in [6.07, 6.45) is 1.12. The summed E-state index contributed by atoms with van der Waals surface area (Å²) in [4.78, 5) is 2.24. The Bertz CT molecular complexity index is 452. The summed E-state index contributed by atoms with van der Waals surface area (Å²) in [6.45, 7) is 5.91. The molecule has 1 aromatic rings. The Morgan fingerprint density at radius 3 is 2.38 bits per heavy atom. The highest BCUT2D eigenvalue weighted by molar-refractivity contribution is 6.33. The lowest BCUT2D eigenvalue weighted by Gasteiger charge is -2.29. The van der Waals surface area contributed by atoms with E-state index in [4.69, 9.17) is 26.8 Å². The van der Waals surface area contributed by atoms with Crippen LogP contribution >= 0.6 is 11.6 Å². The second-order valence-corrected chi connectivity index (χ2v) is 6.00. The molecule has 0 aliphatic heterocycles. The van der Waals surface area contributed by atoms with Crippen LogP contribution in [0.25, 0.3) is 0 Å². The first-order valence-electron chi connectivity index (χ1n) is 7.26. The van der Waals surface area contributed by atoms with Crippen LogP contribution in [0.5, 0.6) is 11.5 Å². The fourth-order valence-electron chi connectivity index (χ4n) is 2.32. The molecular formula is C16H27ClN2O2. The monoisotopic (exact) mass is 314 g/mol. The molecule has 5 heteroatoms. The molecule has 1 aromatic carbocycles. The quantitative estimate of drug-likeness (QED) is 0.799. The SMILES string of the molecule is COc1ccc(C(CN)N(C)CCC(C)C)c(Cl)c1OC. The molecule has 0 aliphatic rings. The number of rotatable bonds is 8. The van der Waals surface area contributed by atoms with Gasteiger partial charge in [0.25, 0.3) is 0 Å². The molecular weight excluding hydrogens is 288 g/mol. The van der Waals surface area contributed by atoms with Crippen molar-refractivity contribution in [3.8, 4) is 11.5 Å². The van der Waals surface area contributed by atoms with Crippen LogP contribution in [0.1, 0.15) is 31.9 Å². The maximum absolute atomic E-state index is 6.49. The second kappa shape index (κ2) is 8.47. The van der Waals surface area contributed by atoms with E-state index in [1.54, 1.807) is 14.2 Å². The zero-order valence-electron chi connectivity index (χ0n) is 13.6. The van der Waals surface area contributed by atoms with Crippen LogP contribution in [-0.4, -0.2) is 39.3 Å². The number of hydrogen-bond acceptors (Lipinski definition) is 4. The topological polar surface area (TPSA) is 47.7 Å². The van der Waals surface area contributed by atoms with Gasteiger partial charge in [0, 0.05) is 12.6 Å². The number of methoxy groups -OCH3 is 2. The van der Waals surface area contributed by atoms with E-state index < -0.39 is 0 Å². The molecule has 0 spiro atoms. The molecule has 1 rings (SSSR count). The van der Waals surface area contributed by atoms with Crippen molar-refractivity contribution in [2.45, 2.75) is 26.3 Å². The van der Waals surface area contributed by atoms with E-state index in [1.807, 2.05) is 12.1 Å². The summed E-state index contributed by atoms with van der Waals surface area (Å²) in [5.74, 6) is 1.85. The molecule has 0 amide bonds. The molecule has 1 unspecified atom stereocenters. The highest BCUT2D eigenvalue weighted by atomic mass is 35.5. The van der Waals surface area contributed by atoms with Gasteiger partial charge in [0.1, 0.15) is 0 Å². The van der Waals surface area contributed by atoms with Crippen molar-refractivity contribution < 1.29 is 9.47 Å². The number of ether oxygens (including phenoxy) is 2. The van der Waals surface area contributed by atoms with Gasteiger partial charge in [-0.2, -0.15) is 0 Å². The Morgan fingerprint density at radius 1 is 1.24 bits per heavy atom. The predicted octanol–water partition coefficient (Wildman–Crippen LogP) is 3.33. The molecule has 0 saturated carbocycles. The Labute approximate surface area is 133 Å². The molecule has 0 aromatic heterocycles. The van der Waals surface area contributed by atoms with Crippen LogP contribution in [0, 0.1) is 5.92 Å². The van der Waals surface area contributed by atoms with Crippen molar-refractivity contribution in [2.24, 2.45) is 11.7 Å². The largest absolute Gasteiger partial charge is 0.493 e. The molecule has 21 heavy (non-hydrogen) atoms. The average Bonchev–Trinajstić information content (AvgIpc) is 2.46. The third-order valence-corrected chi connectivity index (χ3v) is 4.08. The third kappa shape index (κ3) is 4.50. The Kier molecular flexibility index (Phi) is 7.29. The van der Waals surface area contributed by atoms with Crippen LogP contribution in [-0.2, 0) is 0 Å². The number of nitrogens with zero attached hydrogens (tertiary/aromatic N) is 1. The summed E-state index contributed by atoms with van der Waals surface area (Å²) in [7, 11) is 5.27. The van der Waals surface area contributed by atoms with Crippen molar-refractivity contribution in [3.63, 3.8) is 0 Å². The molecule has 0 radical (unpaired) electrons. The van der Waals surface area contributed by atoms with Gasteiger partial charge in [-0.1, -0.05) is 31.5 Å². The van der Waals surface area contributed by atoms with Gasteiger partial charge >= 0.3 is 0 Å². The maximum Gasteiger partial charge on any atom is 0.179 e. The van der Waals surface area contributed by atoms with Crippen molar-refractivity contribution in [2.75, 3.05) is 34.4 Å². The maximum atomic E-state index is 6.49. The third-order valence-electron chi connectivity index (χ3n) is 3.69. The zero-order chi connectivity index (χ0) is 16.0. The predicted molar refractivity (Wildman–Crippen MR) is 88.4 cm³/mol. The van der Waals surface area contributed by atoms with E-state index in [9.17, 15) is 0 Å². The van der Waals surface area contributed by atoms with E-state index in [-0.39, 0.29) is 6.04 Å². The van der Waals surface area contributed by atoms with Crippen LogP contribution in [0.15, 0.2) is 12.1 Å². The van der Waals surface area contributed by atoms with Gasteiger partial charge in [-0.3, -0.25) is 4.90 Å². The normalized spacial score (nSPS) is 12.8. The summed E-state index contributed by atoms with van der Waals surface area (Å²) in [5.41, 5.74) is 6.95. The number of nitrogens with two attached hydrogens (primary N) is 1. The molecule has 0 heterocycles. The van der Waals surface area contributed by atoms with Crippen molar-refractivity contribution >= 4 is 11.6 Å². The zero-order valence-corrected chi connectivity index (χ0v) is 14.4. The molecule has 1 atom stereocenters. The van der Waals surface area contributed by atoms with Crippen molar-refractivity contribution in [3.05, 3.63) is 22.7 Å². The minimum atomic E-state index is 0.0658. The van der Waals surface area contributed by atoms with E-state index in [0.717, 1.165) is 18.5 Å². The van der Waals surface area contributed by atoms with Crippen LogP contribution < -0.4 is 15.2 Å². The number of hydrogen-bond donors (Lipinski definition) is 1. The van der Waals surface area contributed by atoms with Gasteiger partial charge in [0.15, 0.2) is 11.5 Å². The Morgan fingerprint density at radius 2 is 1.90 bits per heavy atom. The average molecular weight is 315 g/mol. The summed E-state index contributed by atoms with van der Waals surface area (Å²) >= 11 is 6.49. The standard InChI is InChI=1S/C16H27ClN2O2/c1-11(2)8-9-19(3)13(10-18)12-6-7-14(20-4)16(21-5)15(12)17/h6-7,11,13H,8-10,18H2,1-5H3. The lowest BCUT2D eigenvalue weighted by atomic mass is 10.0. The van der Waals surface area contributed by atoms with Crippen molar-refractivity contribution in [1.82, 2.24) is 4.90 Å². The van der Waals surface area contributed by atoms with Crippen LogP contribution in [0.3, 0.4) is 0 Å². The van der Waals surface area contributed by atoms with Crippen LogP contribution in [0.4, 0.5) is 0 Å². The molecule has 120 valence electrons. The minimum absolute atomic E-state index is 0.0658. The van der Waals surface area contributed by atoms with Gasteiger partial charge in [-0.25, -0.2) is 0 Å². The Balaban J connectivity index is 3.05. The first-order chi connectivity index (χ1) is 9.96. The number of likely N-dealkylation sites (N-methyl/N-ethyl adjacent to an activating group) is 1. The number of benzene rings is 1. The van der Waals surface area contributed by atoms with Crippen molar-refractivity contribution in [1.29, 1.82) is 0 Å². The van der Waals surface area contributed by atoms with E-state index in [0.29, 0.717) is 29.0 Å². The van der Waals surface area contributed by atoms with Gasteiger partial charge < -0.3 is 15.2 Å². The smallest absolute Gasteiger partial charge is 0.179 e. The van der Waals surface area contributed by atoms with E-state index in [2.05, 4.69) is 25.8 Å². The van der Waals surface area contributed by atoms with Crippen LogP contribution in [0.2, 0.25) is 5.02 Å². The summed E-state index contributed by atoms with van der Waals surface area (Å²) < 4.78 is 10.6. The second-order valence-electron chi connectivity index (χ2n) is 5.62.